The summed E-state index contributed by atoms with van der Waals surface area (Å²) < 4.78 is 10.1. The average Bonchev–Trinajstić information content (AvgIpc) is 3.35. The van der Waals surface area contributed by atoms with E-state index in [1.807, 2.05) is 0 Å². The highest BCUT2D eigenvalue weighted by molar-refractivity contribution is 7.80. The van der Waals surface area contributed by atoms with Gasteiger partial charge >= 0.3 is 0 Å². The molecule has 3 rings (SSSR count). The van der Waals surface area contributed by atoms with Crippen LogP contribution in [0.15, 0.2) is 76.0 Å². The van der Waals surface area contributed by atoms with E-state index in [9.17, 15) is 9.59 Å². The van der Waals surface area contributed by atoms with Crippen LogP contribution in [-0.4, -0.2) is 16.9 Å². The van der Waals surface area contributed by atoms with Crippen molar-refractivity contribution < 1.29 is 18.4 Å². The van der Waals surface area contributed by atoms with E-state index in [4.69, 9.17) is 21.1 Å². The maximum absolute atomic E-state index is 11.9. The molecule has 2 heterocycles. The summed E-state index contributed by atoms with van der Waals surface area (Å²) in [5.41, 5.74) is 1.25. The number of carbonyl (C=O) groups excluding carboxylic acids is 2. The van der Waals surface area contributed by atoms with Crippen LogP contribution in [0.5, 0.6) is 0 Å². The SMILES string of the molecule is O=C(/C=C/c1ccco1)NC(=S)Nc1ccc(NC(=O)c2ccco2)cc1. The van der Waals surface area contributed by atoms with Crippen LogP contribution in [-0.2, 0) is 4.79 Å². The Labute approximate surface area is 160 Å². The zero-order valence-corrected chi connectivity index (χ0v) is 14.8. The number of anilines is 2. The van der Waals surface area contributed by atoms with E-state index in [-0.39, 0.29) is 22.7 Å². The maximum Gasteiger partial charge on any atom is 0.291 e. The van der Waals surface area contributed by atoms with Gasteiger partial charge < -0.3 is 19.5 Å². The molecule has 0 saturated carbocycles. The van der Waals surface area contributed by atoms with E-state index in [2.05, 4.69) is 16.0 Å². The van der Waals surface area contributed by atoms with Crippen molar-refractivity contribution in [3.05, 3.63) is 78.7 Å². The van der Waals surface area contributed by atoms with Crippen LogP contribution in [0.4, 0.5) is 11.4 Å². The lowest BCUT2D eigenvalue weighted by atomic mass is 10.2. The Morgan fingerprint density at radius 3 is 2.19 bits per heavy atom. The van der Waals surface area contributed by atoms with Gasteiger partial charge in [0.2, 0.25) is 5.91 Å². The van der Waals surface area contributed by atoms with E-state index in [1.54, 1.807) is 48.5 Å². The van der Waals surface area contributed by atoms with Gasteiger partial charge in [-0.25, -0.2) is 0 Å². The Morgan fingerprint density at radius 1 is 0.889 bits per heavy atom. The molecule has 0 aliphatic heterocycles. The van der Waals surface area contributed by atoms with Crippen molar-refractivity contribution in [1.82, 2.24) is 5.32 Å². The number of benzene rings is 1. The standard InChI is InChI=1S/C19H15N3O4S/c23-17(10-9-15-3-1-11-25-15)22-19(27)21-14-7-5-13(6-8-14)20-18(24)16-4-2-12-26-16/h1-12H,(H,20,24)(H2,21,22,23,27)/b10-9+. The molecular formula is C19H15N3O4S. The van der Waals surface area contributed by atoms with Crippen LogP contribution in [0, 0.1) is 0 Å². The van der Waals surface area contributed by atoms with Crippen LogP contribution in [0.1, 0.15) is 16.3 Å². The van der Waals surface area contributed by atoms with Gasteiger partial charge in [0.05, 0.1) is 12.5 Å². The lowest BCUT2D eigenvalue weighted by Gasteiger charge is -2.09. The first-order valence-electron chi connectivity index (χ1n) is 7.88. The van der Waals surface area contributed by atoms with Crippen LogP contribution in [0.25, 0.3) is 6.08 Å². The minimum Gasteiger partial charge on any atom is -0.465 e. The first-order chi connectivity index (χ1) is 13.1. The second-order valence-electron chi connectivity index (χ2n) is 5.30. The number of hydrogen-bond acceptors (Lipinski definition) is 5. The highest BCUT2D eigenvalue weighted by Gasteiger charge is 2.08. The van der Waals surface area contributed by atoms with E-state index < -0.39 is 0 Å². The largest absolute Gasteiger partial charge is 0.465 e. The summed E-state index contributed by atoms with van der Waals surface area (Å²) in [5, 5.41) is 8.27. The third-order valence-electron chi connectivity index (χ3n) is 3.32. The quantitative estimate of drug-likeness (QED) is 0.461. The van der Waals surface area contributed by atoms with Gasteiger partial charge in [0.25, 0.3) is 5.91 Å². The van der Waals surface area contributed by atoms with Crippen LogP contribution in [0.3, 0.4) is 0 Å². The van der Waals surface area contributed by atoms with Gasteiger partial charge in [0.15, 0.2) is 10.9 Å². The molecule has 2 amide bonds. The molecule has 0 aliphatic rings. The van der Waals surface area contributed by atoms with E-state index in [0.29, 0.717) is 17.1 Å². The lowest BCUT2D eigenvalue weighted by molar-refractivity contribution is -0.115. The van der Waals surface area contributed by atoms with Gasteiger partial charge in [0.1, 0.15) is 5.76 Å². The van der Waals surface area contributed by atoms with Gasteiger partial charge in [-0.05, 0) is 66.8 Å². The van der Waals surface area contributed by atoms with Gasteiger partial charge in [-0.15, -0.1) is 0 Å². The third kappa shape index (κ3) is 5.41. The first kappa shape index (κ1) is 18.2. The fourth-order valence-electron chi connectivity index (χ4n) is 2.10. The molecule has 136 valence electrons. The first-order valence-corrected chi connectivity index (χ1v) is 8.29. The number of hydrogen-bond donors (Lipinski definition) is 3. The summed E-state index contributed by atoms with van der Waals surface area (Å²) in [4.78, 5) is 23.7. The molecular weight excluding hydrogens is 366 g/mol. The molecule has 0 spiro atoms. The summed E-state index contributed by atoms with van der Waals surface area (Å²) >= 11 is 5.10. The third-order valence-corrected chi connectivity index (χ3v) is 3.53. The molecule has 27 heavy (non-hydrogen) atoms. The van der Waals surface area contributed by atoms with Crippen molar-refractivity contribution in [3.8, 4) is 0 Å². The van der Waals surface area contributed by atoms with Crippen molar-refractivity contribution in [2.75, 3.05) is 10.6 Å². The Morgan fingerprint density at radius 2 is 1.56 bits per heavy atom. The van der Waals surface area contributed by atoms with Gasteiger partial charge in [-0.1, -0.05) is 0 Å². The molecule has 0 unspecified atom stereocenters. The maximum atomic E-state index is 11.9. The van der Waals surface area contributed by atoms with E-state index in [1.165, 1.54) is 24.7 Å². The minimum atomic E-state index is -0.383. The molecule has 0 bridgehead atoms. The highest BCUT2D eigenvalue weighted by atomic mass is 32.1. The number of rotatable bonds is 5. The molecule has 3 aromatic rings. The fraction of sp³-hybridized carbons (Fsp3) is 0. The molecule has 0 radical (unpaired) electrons. The normalized spacial score (nSPS) is 10.5. The molecule has 0 aliphatic carbocycles. The summed E-state index contributed by atoms with van der Waals surface area (Å²) in [6.07, 6.45) is 5.81. The predicted molar refractivity (Wildman–Crippen MR) is 105 cm³/mol. The highest BCUT2D eigenvalue weighted by Crippen LogP contribution is 2.15. The van der Waals surface area contributed by atoms with Crippen molar-refractivity contribution in [1.29, 1.82) is 0 Å². The van der Waals surface area contributed by atoms with Gasteiger partial charge in [-0.3, -0.25) is 14.9 Å². The summed E-state index contributed by atoms with van der Waals surface area (Å²) in [6, 6.07) is 13.5. The molecule has 7 nitrogen and oxygen atoms in total. The lowest BCUT2D eigenvalue weighted by Crippen LogP contribution is -2.32. The molecule has 8 heteroatoms. The predicted octanol–water partition coefficient (Wildman–Crippen LogP) is 3.65. The van der Waals surface area contributed by atoms with Crippen molar-refractivity contribution in [2.24, 2.45) is 0 Å². The Hall–Kier alpha value is -3.65. The van der Waals surface area contributed by atoms with Crippen molar-refractivity contribution >= 4 is 46.6 Å². The number of furan rings is 2. The Bertz CT molecular complexity index is 946. The van der Waals surface area contributed by atoms with Crippen LogP contribution in [0.2, 0.25) is 0 Å². The van der Waals surface area contributed by atoms with Crippen LogP contribution >= 0.6 is 12.2 Å². The molecule has 3 N–H and O–H groups in total. The number of nitrogens with one attached hydrogen (secondary N) is 3. The smallest absolute Gasteiger partial charge is 0.291 e. The molecule has 0 atom stereocenters. The zero-order chi connectivity index (χ0) is 19.1. The summed E-state index contributed by atoms with van der Waals surface area (Å²) in [5.74, 6) is 0.0676. The minimum absolute atomic E-state index is 0.150. The van der Waals surface area contributed by atoms with Crippen LogP contribution < -0.4 is 16.0 Å². The van der Waals surface area contributed by atoms with Crippen molar-refractivity contribution in [3.63, 3.8) is 0 Å². The van der Waals surface area contributed by atoms with E-state index in [0.717, 1.165) is 0 Å². The molecule has 2 aromatic heterocycles. The summed E-state index contributed by atoms with van der Waals surface area (Å²) in [7, 11) is 0. The summed E-state index contributed by atoms with van der Waals surface area (Å²) in [6.45, 7) is 0. The zero-order valence-electron chi connectivity index (χ0n) is 14.0. The topological polar surface area (TPSA) is 96.5 Å². The average molecular weight is 381 g/mol. The number of carbonyl (C=O) groups is 2. The fourth-order valence-corrected chi connectivity index (χ4v) is 2.32. The molecule has 0 fully saturated rings. The molecule has 1 aromatic carbocycles. The second kappa shape index (κ2) is 8.63. The monoisotopic (exact) mass is 381 g/mol. The van der Waals surface area contributed by atoms with Crippen molar-refractivity contribution in [2.45, 2.75) is 0 Å². The number of amides is 2. The molecule has 0 saturated heterocycles. The van der Waals surface area contributed by atoms with Gasteiger partial charge in [0, 0.05) is 17.5 Å². The Kier molecular flexibility index (Phi) is 5.80. The number of thiocarbonyl (C=S) groups is 1. The second-order valence-corrected chi connectivity index (χ2v) is 5.71. The Balaban J connectivity index is 1.49. The van der Waals surface area contributed by atoms with E-state index >= 15 is 0 Å². The van der Waals surface area contributed by atoms with Gasteiger partial charge in [-0.2, -0.15) is 0 Å².